The zero-order chi connectivity index (χ0) is 10.9. The molecular formula is C6ClF5OS. The lowest BCUT2D eigenvalue weighted by atomic mass is 10.3. The number of rotatable bonds is 2. The smallest absolute Gasteiger partial charge is 0.200 e. The highest BCUT2D eigenvalue weighted by Crippen LogP contribution is 2.31. The van der Waals surface area contributed by atoms with Crippen LogP contribution in [0.3, 0.4) is 0 Å². The Morgan fingerprint density at radius 3 is 1.50 bits per heavy atom. The first-order valence-corrected chi connectivity index (χ1v) is 4.02. The predicted octanol–water partition coefficient (Wildman–Crippen LogP) is 3.56. The fraction of sp³-hybridized carbons (Fsp3) is 0. The van der Waals surface area contributed by atoms with Crippen LogP contribution in [0.5, 0.6) is 0 Å². The second kappa shape index (κ2) is 4.33. The summed E-state index contributed by atoms with van der Waals surface area (Å²) in [7, 11) is 0. The number of hydrogen-bond acceptors (Lipinski definition) is 2. The van der Waals surface area contributed by atoms with Crippen LogP contribution in [0.4, 0.5) is 22.0 Å². The van der Waals surface area contributed by atoms with Gasteiger partial charge in [0.05, 0.1) is 23.9 Å². The first kappa shape index (κ1) is 11.5. The van der Waals surface area contributed by atoms with Crippen molar-refractivity contribution in [2.24, 2.45) is 0 Å². The Balaban J connectivity index is 3.43. The van der Waals surface area contributed by atoms with E-state index in [4.69, 9.17) is 0 Å². The average Bonchev–Trinajstić information content (AvgIpc) is 2.19. The van der Waals surface area contributed by atoms with Crippen molar-refractivity contribution in [1.82, 2.24) is 0 Å². The van der Waals surface area contributed by atoms with Crippen molar-refractivity contribution in [2.45, 2.75) is 4.90 Å². The summed E-state index contributed by atoms with van der Waals surface area (Å²) in [6, 6.07) is 0. The Labute approximate surface area is 84.2 Å². The Kier molecular flexibility index (Phi) is 3.57. The third-order valence-corrected chi connectivity index (χ3v) is 2.06. The molecule has 0 saturated carbocycles. The second-order valence-corrected chi connectivity index (χ2v) is 3.12. The summed E-state index contributed by atoms with van der Waals surface area (Å²) in [4.78, 5) is -1.18. The molecule has 8 heteroatoms. The van der Waals surface area contributed by atoms with E-state index in [9.17, 15) is 22.0 Å². The first-order valence-electron chi connectivity index (χ1n) is 2.97. The zero-order valence-electron chi connectivity index (χ0n) is 6.08. The minimum atomic E-state index is -2.22. The minimum Gasteiger partial charge on any atom is -0.202 e. The highest BCUT2D eigenvalue weighted by molar-refractivity contribution is 7.95. The summed E-state index contributed by atoms with van der Waals surface area (Å²) in [6.07, 6.45) is 0. The first-order chi connectivity index (χ1) is 6.50. The summed E-state index contributed by atoms with van der Waals surface area (Å²) in [5.74, 6) is -10.3. The molecule has 0 radical (unpaired) electrons. The van der Waals surface area contributed by atoms with Gasteiger partial charge >= 0.3 is 0 Å². The van der Waals surface area contributed by atoms with Gasteiger partial charge in [-0.3, -0.25) is 0 Å². The number of hydrogen-bond donors (Lipinski definition) is 0. The molecule has 0 N–H and O–H groups in total. The molecule has 0 bridgehead atoms. The molecule has 0 saturated heterocycles. The van der Waals surface area contributed by atoms with Crippen LogP contribution < -0.4 is 0 Å². The zero-order valence-corrected chi connectivity index (χ0v) is 7.66. The Morgan fingerprint density at radius 2 is 1.14 bits per heavy atom. The fourth-order valence-electron chi connectivity index (χ4n) is 0.689. The van der Waals surface area contributed by atoms with Gasteiger partial charge in [-0.05, 0) is 0 Å². The summed E-state index contributed by atoms with van der Waals surface area (Å²) in [6.45, 7) is 0. The van der Waals surface area contributed by atoms with Crippen LogP contribution in [0.25, 0.3) is 0 Å². The molecular weight excluding hydrogens is 251 g/mol. The minimum absolute atomic E-state index is 0.166. The van der Waals surface area contributed by atoms with Crippen molar-refractivity contribution in [2.75, 3.05) is 0 Å². The van der Waals surface area contributed by atoms with Crippen LogP contribution in [0, 0.1) is 29.1 Å². The van der Waals surface area contributed by atoms with Crippen LogP contribution >= 0.6 is 23.9 Å². The van der Waals surface area contributed by atoms with Gasteiger partial charge in [-0.25, -0.2) is 25.7 Å². The van der Waals surface area contributed by atoms with Crippen molar-refractivity contribution in [3.63, 3.8) is 0 Å². The molecule has 0 fully saturated rings. The van der Waals surface area contributed by atoms with Gasteiger partial charge < -0.3 is 0 Å². The predicted molar refractivity (Wildman–Crippen MR) is 39.0 cm³/mol. The summed E-state index contributed by atoms with van der Waals surface area (Å²) in [5, 5.41) is 0. The van der Waals surface area contributed by atoms with Gasteiger partial charge in [0.1, 0.15) is 4.90 Å². The van der Waals surface area contributed by atoms with Gasteiger partial charge in [-0.2, -0.15) is 0 Å². The largest absolute Gasteiger partial charge is 0.202 e. The molecule has 0 atom stereocenters. The van der Waals surface area contributed by atoms with Gasteiger partial charge in [-0.1, -0.05) is 0 Å². The van der Waals surface area contributed by atoms with E-state index in [1.54, 1.807) is 0 Å². The molecule has 1 nitrogen and oxygen atoms in total. The normalized spacial score (nSPS) is 10.7. The Bertz CT molecular complexity index is 343. The molecule has 0 aromatic heterocycles. The maximum Gasteiger partial charge on any atom is 0.200 e. The molecule has 1 aromatic rings. The molecule has 1 aromatic carbocycles. The highest BCUT2D eigenvalue weighted by Gasteiger charge is 2.26. The van der Waals surface area contributed by atoms with Gasteiger partial charge in [0.25, 0.3) is 0 Å². The van der Waals surface area contributed by atoms with Crippen molar-refractivity contribution < 1.29 is 25.7 Å². The Morgan fingerprint density at radius 1 is 0.786 bits per heavy atom. The van der Waals surface area contributed by atoms with Crippen molar-refractivity contribution >= 4 is 23.9 Å². The van der Waals surface area contributed by atoms with E-state index in [2.05, 4.69) is 15.6 Å². The topological polar surface area (TPSA) is 9.23 Å². The van der Waals surface area contributed by atoms with Crippen LogP contribution in [0.1, 0.15) is 0 Å². The van der Waals surface area contributed by atoms with Crippen LogP contribution in [-0.2, 0) is 3.74 Å². The van der Waals surface area contributed by atoms with E-state index in [1.807, 2.05) is 0 Å². The van der Waals surface area contributed by atoms with E-state index in [-0.39, 0.29) is 12.0 Å². The van der Waals surface area contributed by atoms with Gasteiger partial charge in [0, 0.05) is 0 Å². The lowest BCUT2D eigenvalue weighted by Crippen LogP contribution is -2.02. The Hall–Kier alpha value is -0.530. The van der Waals surface area contributed by atoms with Crippen LogP contribution in [-0.4, -0.2) is 0 Å². The van der Waals surface area contributed by atoms with E-state index in [1.165, 1.54) is 0 Å². The van der Waals surface area contributed by atoms with E-state index < -0.39 is 34.0 Å². The number of benzene rings is 1. The van der Waals surface area contributed by atoms with E-state index in [0.717, 1.165) is 0 Å². The third kappa shape index (κ3) is 1.79. The maximum atomic E-state index is 12.7. The number of halogens is 6. The lowest BCUT2D eigenvalue weighted by Gasteiger charge is -2.04. The molecule has 0 amide bonds. The monoisotopic (exact) mass is 250 g/mol. The quantitative estimate of drug-likeness (QED) is 0.343. The molecule has 0 aliphatic rings. The molecule has 0 heterocycles. The molecule has 0 spiro atoms. The van der Waals surface area contributed by atoms with Crippen molar-refractivity contribution in [3.8, 4) is 0 Å². The average molecular weight is 251 g/mol. The van der Waals surface area contributed by atoms with Gasteiger partial charge in [0.15, 0.2) is 23.3 Å². The maximum absolute atomic E-state index is 12.7. The molecule has 78 valence electrons. The molecule has 14 heavy (non-hydrogen) atoms. The second-order valence-electron chi connectivity index (χ2n) is 2.05. The van der Waals surface area contributed by atoms with E-state index >= 15 is 0 Å². The molecule has 1 rings (SSSR count). The van der Waals surface area contributed by atoms with Crippen molar-refractivity contribution in [1.29, 1.82) is 0 Å². The molecule has 0 aliphatic carbocycles. The van der Waals surface area contributed by atoms with Gasteiger partial charge in [0.2, 0.25) is 5.82 Å². The highest BCUT2D eigenvalue weighted by atomic mass is 35.5. The molecule has 0 unspecified atom stereocenters. The lowest BCUT2D eigenvalue weighted by molar-refractivity contribution is 0.359. The van der Waals surface area contributed by atoms with Crippen LogP contribution in [0.15, 0.2) is 4.90 Å². The summed E-state index contributed by atoms with van der Waals surface area (Å²) >= 11 is 4.45. The standard InChI is InChI=1S/C6ClF5OS/c7-13-14-6-4(11)2(9)1(8)3(10)5(6)12. The summed E-state index contributed by atoms with van der Waals surface area (Å²) < 4.78 is 66.4. The fourth-order valence-corrected chi connectivity index (χ4v) is 1.27. The van der Waals surface area contributed by atoms with E-state index in [0.29, 0.717) is 0 Å². The van der Waals surface area contributed by atoms with Crippen LogP contribution in [0.2, 0.25) is 0 Å². The third-order valence-electron chi connectivity index (χ3n) is 1.28. The summed E-state index contributed by atoms with van der Waals surface area (Å²) in [5.41, 5.74) is 0. The van der Waals surface area contributed by atoms with Gasteiger partial charge in [-0.15, -0.1) is 0 Å². The molecule has 0 aliphatic heterocycles. The van der Waals surface area contributed by atoms with Crippen molar-refractivity contribution in [3.05, 3.63) is 29.1 Å². The SMILES string of the molecule is Fc1c(F)c(F)c(SOCl)c(F)c1F.